The van der Waals surface area contributed by atoms with Crippen molar-refractivity contribution in [3.63, 3.8) is 0 Å². The third-order valence-electron chi connectivity index (χ3n) is 5.87. The predicted octanol–water partition coefficient (Wildman–Crippen LogP) is 4.86. The van der Waals surface area contributed by atoms with Gasteiger partial charge in [0.2, 0.25) is 5.76 Å². The number of fused-ring (bicyclic) bond motifs is 2. The van der Waals surface area contributed by atoms with Gasteiger partial charge in [-0.15, -0.1) is 0 Å². The Labute approximate surface area is 180 Å². The molecular formula is C26H22N2O3. The van der Waals surface area contributed by atoms with Gasteiger partial charge in [-0.1, -0.05) is 42.0 Å². The van der Waals surface area contributed by atoms with Crippen LogP contribution < -0.4 is 5.43 Å². The van der Waals surface area contributed by atoms with Gasteiger partial charge < -0.3 is 9.32 Å². The molecule has 1 atom stereocenters. The van der Waals surface area contributed by atoms with Gasteiger partial charge in [-0.3, -0.25) is 14.6 Å². The second-order valence-electron chi connectivity index (χ2n) is 8.24. The normalized spacial score (nSPS) is 15.5. The van der Waals surface area contributed by atoms with Gasteiger partial charge in [-0.25, -0.2) is 0 Å². The summed E-state index contributed by atoms with van der Waals surface area (Å²) in [5, 5.41) is 0.518. The summed E-state index contributed by atoms with van der Waals surface area (Å²) in [6.07, 6.45) is 3.44. The van der Waals surface area contributed by atoms with Gasteiger partial charge in [-0.2, -0.15) is 0 Å². The number of carbonyl (C=O) groups is 1. The molecule has 0 saturated carbocycles. The molecule has 2 aromatic heterocycles. The topological polar surface area (TPSA) is 63.4 Å². The van der Waals surface area contributed by atoms with E-state index in [0.29, 0.717) is 23.1 Å². The number of carbonyl (C=O) groups excluding carboxylic acids is 1. The molecule has 0 aliphatic carbocycles. The molecule has 0 bridgehead atoms. The van der Waals surface area contributed by atoms with E-state index in [-0.39, 0.29) is 17.1 Å². The average Bonchev–Trinajstić information content (AvgIpc) is 3.03. The van der Waals surface area contributed by atoms with E-state index in [0.717, 1.165) is 27.8 Å². The Kier molecular flexibility index (Phi) is 4.47. The molecule has 154 valence electrons. The van der Waals surface area contributed by atoms with Crippen molar-refractivity contribution < 1.29 is 9.21 Å². The zero-order chi connectivity index (χ0) is 21.7. The number of pyridine rings is 1. The molecule has 0 fully saturated rings. The molecule has 5 rings (SSSR count). The lowest BCUT2D eigenvalue weighted by Gasteiger charge is -2.25. The zero-order valence-corrected chi connectivity index (χ0v) is 17.7. The van der Waals surface area contributed by atoms with Crippen molar-refractivity contribution in [1.29, 1.82) is 0 Å². The van der Waals surface area contributed by atoms with Crippen LogP contribution in [0.15, 0.2) is 70.1 Å². The molecule has 0 unspecified atom stereocenters. The Morgan fingerprint density at radius 3 is 2.48 bits per heavy atom. The summed E-state index contributed by atoms with van der Waals surface area (Å²) in [6.45, 7) is 6.20. The summed E-state index contributed by atoms with van der Waals surface area (Å²) in [5.41, 5.74) is 5.48. The standard InChI is InChI=1S/C26H22N2O3/c1-15-6-8-19(9-7-15)22-21-23(29)20-12-16(2)11-17(3)24(20)31-25(21)26(30)28(22)14-18-5-4-10-27-13-18/h4-13,22H,14H2,1-3H3/t22-/m1/s1. The third-order valence-corrected chi connectivity index (χ3v) is 5.87. The minimum Gasteiger partial charge on any atom is -0.450 e. The lowest BCUT2D eigenvalue weighted by Crippen LogP contribution is -2.29. The van der Waals surface area contributed by atoms with Crippen molar-refractivity contribution in [3.8, 4) is 0 Å². The van der Waals surface area contributed by atoms with E-state index in [9.17, 15) is 9.59 Å². The minimum absolute atomic E-state index is 0.138. The molecule has 0 radical (unpaired) electrons. The Bertz CT molecular complexity index is 1370. The molecule has 1 amide bonds. The highest BCUT2D eigenvalue weighted by Crippen LogP contribution is 2.39. The van der Waals surface area contributed by atoms with Crippen LogP contribution in [-0.4, -0.2) is 15.8 Å². The largest absolute Gasteiger partial charge is 0.450 e. The van der Waals surface area contributed by atoms with Crippen molar-refractivity contribution in [1.82, 2.24) is 9.88 Å². The van der Waals surface area contributed by atoms with Crippen LogP contribution in [0.4, 0.5) is 0 Å². The second kappa shape index (κ2) is 7.20. The first-order valence-corrected chi connectivity index (χ1v) is 10.3. The van der Waals surface area contributed by atoms with E-state index in [4.69, 9.17) is 4.42 Å². The molecule has 5 heteroatoms. The SMILES string of the molecule is Cc1ccc([C@@H]2c3c(oc4c(C)cc(C)cc4c3=O)C(=O)N2Cc2cccnc2)cc1. The van der Waals surface area contributed by atoms with Crippen LogP contribution in [0, 0.1) is 20.8 Å². The van der Waals surface area contributed by atoms with Crippen molar-refractivity contribution >= 4 is 16.9 Å². The Balaban J connectivity index is 1.76. The number of aromatic nitrogens is 1. The summed E-state index contributed by atoms with van der Waals surface area (Å²) in [4.78, 5) is 33.0. The third kappa shape index (κ3) is 3.13. The Morgan fingerprint density at radius 1 is 1.00 bits per heavy atom. The average molecular weight is 410 g/mol. The van der Waals surface area contributed by atoms with Crippen LogP contribution in [0.1, 0.15) is 50.0 Å². The van der Waals surface area contributed by atoms with Crippen LogP contribution in [0.25, 0.3) is 11.0 Å². The first-order valence-electron chi connectivity index (χ1n) is 10.3. The van der Waals surface area contributed by atoms with E-state index in [2.05, 4.69) is 4.98 Å². The van der Waals surface area contributed by atoms with E-state index >= 15 is 0 Å². The lowest BCUT2D eigenvalue weighted by molar-refractivity contribution is 0.0714. The summed E-state index contributed by atoms with van der Waals surface area (Å²) < 4.78 is 6.12. The van der Waals surface area contributed by atoms with Gasteiger partial charge in [0.05, 0.1) is 17.0 Å². The molecule has 0 saturated heterocycles. The van der Waals surface area contributed by atoms with Crippen molar-refractivity contribution in [2.24, 2.45) is 0 Å². The minimum atomic E-state index is -0.509. The maximum atomic E-state index is 13.7. The maximum absolute atomic E-state index is 13.7. The van der Waals surface area contributed by atoms with Crippen molar-refractivity contribution in [2.45, 2.75) is 33.4 Å². The van der Waals surface area contributed by atoms with Gasteiger partial charge in [0.25, 0.3) is 5.91 Å². The first-order chi connectivity index (χ1) is 14.9. The molecule has 4 aromatic rings. The maximum Gasteiger partial charge on any atom is 0.291 e. The summed E-state index contributed by atoms with van der Waals surface area (Å²) >= 11 is 0. The van der Waals surface area contributed by atoms with Crippen molar-refractivity contribution in [3.05, 3.63) is 110 Å². The van der Waals surface area contributed by atoms with Gasteiger partial charge >= 0.3 is 0 Å². The van der Waals surface area contributed by atoms with Gasteiger partial charge in [0, 0.05) is 18.9 Å². The Hall–Kier alpha value is -3.73. The molecule has 5 nitrogen and oxygen atoms in total. The zero-order valence-electron chi connectivity index (χ0n) is 17.7. The molecule has 1 aliphatic heterocycles. The fraction of sp³-hybridized carbons (Fsp3) is 0.192. The highest BCUT2D eigenvalue weighted by Gasteiger charge is 2.42. The van der Waals surface area contributed by atoms with Crippen LogP contribution in [0.5, 0.6) is 0 Å². The molecule has 0 N–H and O–H groups in total. The van der Waals surface area contributed by atoms with E-state index in [1.165, 1.54) is 0 Å². The number of aryl methyl sites for hydroxylation is 3. The second-order valence-corrected chi connectivity index (χ2v) is 8.24. The van der Waals surface area contributed by atoms with E-state index < -0.39 is 6.04 Å². The highest BCUT2D eigenvalue weighted by atomic mass is 16.3. The van der Waals surface area contributed by atoms with Gasteiger partial charge in [0.15, 0.2) is 5.43 Å². The smallest absolute Gasteiger partial charge is 0.291 e. The number of hydrogen-bond donors (Lipinski definition) is 0. The number of hydrogen-bond acceptors (Lipinski definition) is 4. The molecule has 0 spiro atoms. The molecule has 1 aliphatic rings. The summed E-state index contributed by atoms with van der Waals surface area (Å²) in [6, 6.07) is 15.0. The van der Waals surface area contributed by atoms with Gasteiger partial charge in [0.1, 0.15) is 5.58 Å². The Morgan fingerprint density at radius 2 is 1.77 bits per heavy atom. The molecule has 31 heavy (non-hydrogen) atoms. The van der Waals surface area contributed by atoms with Crippen molar-refractivity contribution in [2.75, 3.05) is 0 Å². The fourth-order valence-electron chi connectivity index (χ4n) is 4.42. The molecule has 3 heterocycles. The van der Waals surface area contributed by atoms with Crippen LogP contribution in [0.2, 0.25) is 0 Å². The molecule has 2 aromatic carbocycles. The number of amides is 1. The predicted molar refractivity (Wildman–Crippen MR) is 119 cm³/mol. The highest BCUT2D eigenvalue weighted by molar-refractivity contribution is 5.99. The van der Waals surface area contributed by atoms with Crippen LogP contribution >= 0.6 is 0 Å². The van der Waals surface area contributed by atoms with Crippen LogP contribution in [-0.2, 0) is 6.54 Å². The summed E-state index contributed by atoms with van der Waals surface area (Å²) in [7, 11) is 0. The van der Waals surface area contributed by atoms with Gasteiger partial charge in [-0.05, 0) is 55.2 Å². The molecular weight excluding hydrogens is 388 g/mol. The van der Waals surface area contributed by atoms with Crippen LogP contribution in [0.3, 0.4) is 0 Å². The monoisotopic (exact) mass is 410 g/mol. The quantitative estimate of drug-likeness (QED) is 0.484. The fourth-order valence-corrected chi connectivity index (χ4v) is 4.42. The number of rotatable bonds is 3. The number of nitrogens with zero attached hydrogens (tertiary/aromatic N) is 2. The number of benzene rings is 2. The lowest BCUT2D eigenvalue weighted by atomic mass is 9.96. The summed E-state index contributed by atoms with van der Waals surface area (Å²) in [5.74, 6) is -0.137. The van der Waals surface area contributed by atoms with E-state index in [1.807, 2.05) is 69.3 Å². The van der Waals surface area contributed by atoms with E-state index in [1.54, 1.807) is 17.3 Å². The first kappa shape index (κ1) is 19.2.